The van der Waals surface area contributed by atoms with Gasteiger partial charge in [0.15, 0.2) is 0 Å². The Morgan fingerprint density at radius 1 is 0.952 bits per heavy atom. The number of aliphatic hydroxyl groups excluding tert-OH is 1. The summed E-state index contributed by atoms with van der Waals surface area (Å²) < 4.78 is 28.9. The van der Waals surface area contributed by atoms with E-state index in [-0.39, 0.29) is 5.75 Å². The minimum absolute atomic E-state index is 0.0445. The summed E-state index contributed by atoms with van der Waals surface area (Å²) in [5.74, 6) is 0.0445. The van der Waals surface area contributed by atoms with E-state index >= 15 is 0 Å². The Hall–Kier alpha value is -1.94. The topological polar surface area (TPSA) is 29.5 Å². The zero-order valence-electron chi connectivity index (χ0n) is 12.2. The Balaban J connectivity index is 2.36. The van der Waals surface area contributed by atoms with Gasteiger partial charge in [-0.25, -0.2) is 0 Å². The van der Waals surface area contributed by atoms with Crippen molar-refractivity contribution in [1.82, 2.24) is 0 Å². The minimum atomic E-state index is -2.87. The molecule has 2 rings (SSSR count). The lowest BCUT2D eigenvalue weighted by Gasteiger charge is -2.17. The second-order valence-corrected chi connectivity index (χ2v) is 5.15. The molecule has 0 heterocycles. The van der Waals surface area contributed by atoms with Gasteiger partial charge in [0.1, 0.15) is 11.9 Å². The van der Waals surface area contributed by atoms with E-state index < -0.39 is 12.7 Å². The van der Waals surface area contributed by atoms with Crippen molar-refractivity contribution in [3.8, 4) is 5.75 Å². The lowest BCUT2D eigenvalue weighted by Crippen LogP contribution is -2.05. The highest BCUT2D eigenvalue weighted by molar-refractivity contribution is 5.42. The summed E-state index contributed by atoms with van der Waals surface area (Å²) in [7, 11) is 0. The molecule has 112 valence electrons. The van der Waals surface area contributed by atoms with Crippen molar-refractivity contribution >= 4 is 0 Å². The first-order valence-corrected chi connectivity index (χ1v) is 6.69. The summed E-state index contributed by atoms with van der Waals surface area (Å²) >= 11 is 0. The molecule has 0 aromatic heterocycles. The predicted octanol–water partition coefficient (Wildman–Crippen LogP) is 4.29. The van der Waals surface area contributed by atoms with Gasteiger partial charge in [0.05, 0.1) is 0 Å². The van der Waals surface area contributed by atoms with Crippen LogP contribution >= 0.6 is 0 Å². The van der Waals surface area contributed by atoms with Gasteiger partial charge in [-0.15, -0.1) is 0 Å². The van der Waals surface area contributed by atoms with Gasteiger partial charge in [0.2, 0.25) is 0 Å². The molecule has 21 heavy (non-hydrogen) atoms. The molecule has 0 amide bonds. The molecule has 1 unspecified atom stereocenters. The normalized spacial score (nSPS) is 12.5. The summed E-state index contributed by atoms with van der Waals surface area (Å²) in [6.45, 7) is 3.03. The molecular formula is C17H18F2O2. The van der Waals surface area contributed by atoms with Gasteiger partial charge < -0.3 is 9.84 Å². The van der Waals surface area contributed by atoms with E-state index in [4.69, 9.17) is 0 Å². The molecule has 2 nitrogen and oxygen atoms in total. The molecule has 0 saturated heterocycles. The second-order valence-electron chi connectivity index (χ2n) is 5.15. The van der Waals surface area contributed by atoms with Crippen molar-refractivity contribution in [3.63, 3.8) is 0 Å². The number of alkyl halides is 2. The van der Waals surface area contributed by atoms with Crippen LogP contribution in [0.1, 0.15) is 33.9 Å². The summed E-state index contributed by atoms with van der Waals surface area (Å²) in [5.41, 5.74) is 4.49. The Labute approximate surface area is 123 Å². The quantitative estimate of drug-likeness (QED) is 0.910. The maximum atomic E-state index is 12.3. The molecule has 0 radical (unpaired) electrons. The number of aliphatic hydroxyl groups is 1. The fourth-order valence-electron chi connectivity index (χ4n) is 2.32. The first-order chi connectivity index (χ1) is 9.88. The smallest absolute Gasteiger partial charge is 0.387 e. The highest BCUT2D eigenvalue weighted by Gasteiger charge is 2.15. The molecule has 0 aliphatic heterocycles. The monoisotopic (exact) mass is 292 g/mol. The van der Waals surface area contributed by atoms with Crippen molar-refractivity contribution in [2.24, 2.45) is 0 Å². The van der Waals surface area contributed by atoms with Gasteiger partial charge in [-0.3, -0.25) is 0 Å². The Bertz CT molecular complexity index is 639. The van der Waals surface area contributed by atoms with E-state index in [1.54, 1.807) is 12.1 Å². The molecule has 0 spiro atoms. The molecule has 0 fully saturated rings. The number of rotatable bonds is 4. The van der Waals surface area contributed by atoms with E-state index in [9.17, 15) is 13.9 Å². The van der Waals surface area contributed by atoms with Crippen molar-refractivity contribution in [2.75, 3.05) is 0 Å². The first kappa shape index (κ1) is 15.4. The minimum Gasteiger partial charge on any atom is -0.435 e. The molecule has 0 bridgehead atoms. The van der Waals surface area contributed by atoms with E-state index in [2.05, 4.69) is 4.74 Å². The average Bonchev–Trinajstić information content (AvgIpc) is 2.41. The van der Waals surface area contributed by atoms with Crippen LogP contribution in [-0.2, 0) is 0 Å². The Morgan fingerprint density at radius 2 is 1.62 bits per heavy atom. The van der Waals surface area contributed by atoms with Crippen LogP contribution in [0.5, 0.6) is 5.75 Å². The average molecular weight is 292 g/mol. The van der Waals surface area contributed by atoms with Crippen LogP contribution in [0, 0.1) is 20.8 Å². The van der Waals surface area contributed by atoms with E-state index in [0.29, 0.717) is 5.56 Å². The summed E-state index contributed by atoms with van der Waals surface area (Å²) in [6.07, 6.45) is -0.870. The second kappa shape index (κ2) is 6.22. The summed E-state index contributed by atoms with van der Waals surface area (Å²) in [5, 5.41) is 10.5. The molecule has 2 aromatic carbocycles. The van der Waals surface area contributed by atoms with Crippen LogP contribution < -0.4 is 4.74 Å². The van der Waals surface area contributed by atoms with Crippen LogP contribution in [-0.4, -0.2) is 11.7 Å². The molecule has 4 heteroatoms. The van der Waals surface area contributed by atoms with E-state index in [0.717, 1.165) is 22.3 Å². The van der Waals surface area contributed by atoms with Crippen molar-refractivity contribution in [1.29, 1.82) is 0 Å². The third-order valence-corrected chi connectivity index (χ3v) is 3.58. The lowest BCUT2D eigenvalue weighted by molar-refractivity contribution is -0.0499. The zero-order valence-corrected chi connectivity index (χ0v) is 12.2. The number of ether oxygens (including phenoxy) is 1. The molecule has 0 aliphatic rings. The van der Waals surface area contributed by atoms with E-state index in [1.165, 1.54) is 12.1 Å². The maximum absolute atomic E-state index is 12.3. The highest BCUT2D eigenvalue weighted by Crippen LogP contribution is 2.29. The molecule has 0 saturated carbocycles. The number of halogens is 2. The van der Waals surface area contributed by atoms with Crippen molar-refractivity contribution < 1.29 is 18.6 Å². The van der Waals surface area contributed by atoms with Gasteiger partial charge in [0.25, 0.3) is 0 Å². The highest BCUT2D eigenvalue weighted by atomic mass is 19.3. The first-order valence-electron chi connectivity index (χ1n) is 6.69. The van der Waals surface area contributed by atoms with E-state index in [1.807, 2.05) is 32.9 Å². The zero-order chi connectivity index (χ0) is 15.6. The fourth-order valence-corrected chi connectivity index (χ4v) is 2.32. The Kier molecular flexibility index (Phi) is 4.58. The third kappa shape index (κ3) is 3.58. The number of benzene rings is 2. The van der Waals surface area contributed by atoms with Crippen LogP contribution in [0.15, 0.2) is 36.4 Å². The molecule has 2 aromatic rings. The van der Waals surface area contributed by atoms with Crippen LogP contribution in [0.3, 0.4) is 0 Å². The Morgan fingerprint density at radius 3 is 2.29 bits per heavy atom. The summed E-state index contributed by atoms with van der Waals surface area (Å²) in [6, 6.07) is 10.1. The standard InChI is InChI=1S/C17H18F2O2/c1-10-7-12(3)15(8-11(10)2)16(20)13-5-4-6-14(9-13)21-17(18)19/h4-9,16-17,20H,1-3H3. The van der Waals surface area contributed by atoms with Gasteiger partial charge in [0, 0.05) is 0 Å². The third-order valence-electron chi connectivity index (χ3n) is 3.58. The van der Waals surface area contributed by atoms with Gasteiger partial charge in [-0.1, -0.05) is 24.3 Å². The van der Waals surface area contributed by atoms with Crippen LogP contribution in [0.25, 0.3) is 0 Å². The fraction of sp³-hybridized carbons (Fsp3) is 0.294. The lowest BCUT2D eigenvalue weighted by atomic mass is 9.93. The largest absolute Gasteiger partial charge is 0.435 e. The summed E-state index contributed by atoms with van der Waals surface area (Å²) in [4.78, 5) is 0. The molecule has 0 aliphatic carbocycles. The van der Waals surface area contributed by atoms with Crippen LogP contribution in [0.4, 0.5) is 8.78 Å². The SMILES string of the molecule is Cc1cc(C)c(C(O)c2cccc(OC(F)F)c2)cc1C. The molecule has 1 atom stereocenters. The maximum Gasteiger partial charge on any atom is 0.387 e. The number of hydrogen-bond acceptors (Lipinski definition) is 2. The van der Waals surface area contributed by atoms with Crippen LogP contribution in [0.2, 0.25) is 0 Å². The number of hydrogen-bond donors (Lipinski definition) is 1. The van der Waals surface area contributed by atoms with Crippen molar-refractivity contribution in [2.45, 2.75) is 33.5 Å². The molecular weight excluding hydrogens is 274 g/mol. The van der Waals surface area contributed by atoms with Gasteiger partial charge >= 0.3 is 6.61 Å². The van der Waals surface area contributed by atoms with Crippen molar-refractivity contribution in [3.05, 3.63) is 64.2 Å². The molecule has 1 N–H and O–H groups in total. The van der Waals surface area contributed by atoms with Gasteiger partial charge in [-0.2, -0.15) is 8.78 Å². The van der Waals surface area contributed by atoms with Gasteiger partial charge in [-0.05, 0) is 60.7 Å². The number of aryl methyl sites for hydroxylation is 3. The predicted molar refractivity (Wildman–Crippen MR) is 77.8 cm³/mol.